The van der Waals surface area contributed by atoms with Gasteiger partial charge in [-0.3, -0.25) is 9.30 Å². The summed E-state index contributed by atoms with van der Waals surface area (Å²) in [4.78, 5) is 11.0. The Morgan fingerprint density at radius 1 is 1.00 bits per heavy atom. The van der Waals surface area contributed by atoms with Gasteiger partial charge in [-0.05, 0) is 74.7 Å². The Balaban J connectivity index is 1.73. The van der Waals surface area contributed by atoms with E-state index in [2.05, 4.69) is 32.7 Å². The van der Waals surface area contributed by atoms with Crippen molar-refractivity contribution >= 4 is 32.6 Å². The Kier molecular flexibility index (Phi) is 5.69. The van der Waals surface area contributed by atoms with Crippen LogP contribution in [0.1, 0.15) is 36.7 Å². The number of aryl methyl sites for hydroxylation is 1. The second-order valence-electron chi connectivity index (χ2n) is 8.97. The predicted octanol–water partition coefficient (Wildman–Crippen LogP) is 6.87. The molecule has 0 atom stereocenters. The first kappa shape index (κ1) is 22.3. The molecule has 1 saturated heterocycles. The molecule has 0 saturated carbocycles. The third-order valence-corrected chi connectivity index (χ3v) is 7.00. The molecule has 1 aliphatic rings. The summed E-state index contributed by atoms with van der Waals surface area (Å²) >= 11 is 3.44. The van der Waals surface area contributed by atoms with Gasteiger partial charge in [-0.1, -0.05) is 35.0 Å². The minimum absolute atomic E-state index is 0.168. The van der Waals surface area contributed by atoms with E-state index in [9.17, 15) is 13.2 Å². The van der Waals surface area contributed by atoms with Gasteiger partial charge in [0.1, 0.15) is 11.3 Å². The quantitative estimate of drug-likeness (QED) is 0.297. The topological polar surface area (TPSA) is 33.4 Å². The number of hydrogen-bond acceptors (Lipinski definition) is 3. The van der Waals surface area contributed by atoms with Gasteiger partial charge in [0.2, 0.25) is 0 Å². The Morgan fingerprint density at radius 3 is 2.36 bits per heavy atom. The third-order valence-electron chi connectivity index (χ3n) is 6.47. The predicted molar refractivity (Wildman–Crippen MR) is 127 cm³/mol. The molecular weight excluding hydrogens is 493 g/mol. The second-order valence-corrected chi connectivity index (χ2v) is 9.88. The summed E-state index contributed by atoms with van der Waals surface area (Å²) in [6.45, 7) is 5.76. The first-order chi connectivity index (χ1) is 15.7. The normalized spacial score (nSPS) is 16.2. The number of aromatic nitrogens is 3. The molecule has 4 nitrogen and oxygen atoms in total. The van der Waals surface area contributed by atoms with Crippen LogP contribution < -0.4 is 0 Å². The average molecular weight is 517 g/mol. The molecule has 1 aromatic carbocycles. The number of pyridine rings is 2. The molecule has 1 fully saturated rings. The summed E-state index contributed by atoms with van der Waals surface area (Å²) in [5.41, 5.74) is 2.48. The summed E-state index contributed by atoms with van der Waals surface area (Å²) in [5.74, 6) is 0.601. The number of benzene rings is 1. The molecule has 0 unspecified atom stereocenters. The Labute approximate surface area is 198 Å². The fourth-order valence-electron chi connectivity index (χ4n) is 4.58. The Bertz CT molecular complexity index is 1320. The average Bonchev–Trinajstić information content (AvgIpc) is 3.17. The van der Waals surface area contributed by atoms with E-state index in [4.69, 9.17) is 4.98 Å². The van der Waals surface area contributed by atoms with Gasteiger partial charge in [0.15, 0.2) is 5.69 Å². The molecule has 0 radical (unpaired) electrons. The number of likely N-dealkylation sites (tertiary alicyclic amines) is 1. The molecule has 0 N–H and O–H groups in total. The van der Waals surface area contributed by atoms with Crippen LogP contribution in [0.25, 0.3) is 27.9 Å². The van der Waals surface area contributed by atoms with Gasteiger partial charge in [0.25, 0.3) is 0 Å². The highest BCUT2D eigenvalue weighted by molar-refractivity contribution is 9.10. The van der Waals surface area contributed by atoms with Gasteiger partial charge in [0.05, 0.1) is 11.4 Å². The number of hydrogen-bond donors (Lipinski definition) is 0. The molecule has 4 aromatic rings. The molecule has 0 bridgehead atoms. The van der Waals surface area contributed by atoms with E-state index < -0.39 is 11.9 Å². The minimum atomic E-state index is -4.54. The van der Waals surface area contributed by atoms with Crippen LogP contribution >= 0.6 is 15.9 Å². The maximum absolute atomic E-state index is 14.1. The molecule has 4 heterocycles. The van der Waals surface area contributed by atoms with Crippen molar-refractivity contribution in [3.8, 4) is 11.3 Å². The van der Waals surface area contributed by atoms with E-state index in [0.717, 1.165) is 41.4 Å². The molecule has 1 aliphatic heterocycles. The van der Waals surface area contributed by atoms with E-state index in [1.807, 2.05) is 42.5 Å². The van der Waals surface area contributed by atoms with Crippen molar-refractivity contribution in [3.63, 3.8) is 0 Å². The number of imidazole rings is 1. The summed E-state index contributed by atoms with van der Waals surface area (Å²) in [6.07, 6.45) is -2.56. The Morgan fingerprint density at radius 2 is 1.70 bits per heavy atom. The molecule has 0 amide bonds. The smallest absolute Gasteiger partial charge is 0.297 e. The lowest BCUT2D eigenvalue weighted by molar-refractivity contribution is -0.141. The lowest BCUT2D eigenvalue weighted by atomic mass is 9.99. The molecule has 3 aromatic heterocycles. The van der Waals surface area contributed by atoms with Gasteiger partial charge in [-0.25, -0.2) is 9.97 Å². The Hall–Kier alpha value is -2.45. The number of nitrogens with zero attached hydrogens (tertiary/aromatic N) is 4. The highest BCUT2D eigenvalue weighted by Crippen LogP contribution is 2.36. The fourth-order valence-corrected chi connectivity index (χ4v) is 4.85. The van der Waals surface area contributed by atoms with Gasteiger partial charge >= 0.3 is 6.18 Å². The largest absolute Gasteiger partial charge is 0.435 e. The van der Waals surface area contributed by atoms with Crippen molar-refractivity contribution in [2.45, 2.75) is 39.4 Å². The molecule has 5 rings (SSSR count). The molecule has 33 heavy (non-hydrogen) atoms. The lowest BCUT2D eigenvalue weighted by Gasteiger charge is -2.30. The van der Waals surface area contributed by atoms with Gasteiger partial charge in [0, 0.05) is 22.0 Å². The van der Waals surface area contributed by atoms with Crippen molar-refractivity contribution < 1.29 is 13.2 Å². The van der Waals surface area contributed by atoms with Crippen LogP contribution in [-0.4, -0.2) is 32.4 Å². The lowest BCUT2D eigenvalue weighted by Crippen LogP contribution is -2.33. The number of piperidine rings is 1. The third kappa shape index (κ3) is 4.26. The van der Waals surface area contributed by atoms with E-state index in [1.54, 1.807) is 11.3 Å². The zero-order valence-electron chi connectivity index (χ0n) is 18.5. The molecule has 0 aliphatic carbocycles. The first-order valence-electron chi connectivity index (χ1n) is 11.1. The molecule has 172 valence electrons. The zero-order chi connectivity index (χ0) is 23.3. The molecular formula is C25H24BrF3N4. The SMILES string of the molecule is Cc1cc2ccc(-c3ccc(Br)cc3)nc2n2c(CN3CCC(C)CC3)c(C(F)(F)F)nc12. The summed E-state index contributed by atoms with van der Waals surface area (Å²) in [7, 11) is 0. The van der Waals surface area contributed by atoms with Crippen LogP contribution in [0.2, 0.25) is 0 Å². The van der Waals surface area contributed by atoms with E-state index >= 15 is 0 Å². The van der Waals surface area contributed by atoms with E-state index in [1.165, 1.54) is 0 Å². The maximum atomic E-state index is 14.1. The highest BCUT2D eigenvalue weighted by Gasteiger charge is 2.39. The van der Waals surface area contributed by atoms with Crippen LogP contribution in [-0.2, 0) is 12.7 Å². The number of rotatable bonds is 3. The number of fused-ring (bicyclic) bond motifs is 3. The van der Waals surface area contributed by atoms with Gasteiger partial charge in [-0.15, -0.1) is 0 Å². The van der Waals surface area contributed by atoms with Crippen LogP contribution in [0.4, 0.5) is 13.2 Å². The van der Waals surface area contributed by atoms with Crippen molar-refractivity contribution in [2.75, 3.05) is 13.1 Å². The maximum Gasteiger partial charge on any atom is 0.435 e. The zero-order valence-corrected chi connectivity index (χ0v) is 20.0. The van der Waals surface area contributed by atoms with E-state index in [0.29, 0.717) is 28.5 Å². The second kappa shape index (κ2) is 8.40. The van der Waals surface area contributed by atoms with Crippen LogP contribution in [0.3, 0.4) is 0 Å². The van der Waals surface area contributed by atoms with Gasteiger partial charge in [-0.2, -0.15) is 13.2 Å². The minimum Gasteiger partial charge on any atom is -0.297 e. The standard InChI is InChI=1S/C25H24BrF3N4/c1-15-9-11-32(12-10-15)14-21-22(25(27,28)29)31-23-16(2)13-18-5-8-20(30-24(18)33(21)23)17-3-6-19(26)7-4-17/h3-8,13,15H,9-12,14H2,1-2H3. The summed E-state index contributed by atoms with van der Waals surface area (Å²) in [6, 6.07) is 13.4. The van der Waals surface area contributed by atoms with Crippen molar-refractivity contribution in [1.82, 2.24) is 19.3 Å². The summed E-state index contributed by atoms with van der Waals surface area (Å²) in [5, 5.41) is 0.792. The number of alkyl halides is 3. The van der Waals surface area contributed by atoms with Crippen molar-refractivity contribution in [2.24, 2.45) is 5.92 Å². The van der Waals surface area contributed by atoms with Crippen LogP contribution in [0.5, 0.6) is 0 Å². The van der Waals surface area contributed by atoms with Crippen molar-refractivity contribution in [1.29, 1.82) is 0 Å². The highest BCUT2D eigenvalue weighted by atomic mass is 79.9. The summed E-state index contributed by atoms with van der Waals surface area (Å²) < 4.78 is 44.9. The van der Waals surface area contributed by atoms with Crippen molar-refractivity contribution in [3.05, 3.63) is 63.9 Å². The van der Waals surface area contributed by atoms with Crippen LogP contribution in [0.15, 0.2) is 46.9 Å². The van der Waals surface area contributed by atoms with E-state index in [-0.39, 0.29) is 12.2 Å². The fraction of sp³-hybridized carbons (Fsp3) is 0.360. The first-order valence-corrected chi connectivity index (χ1v) is 11.9. The monoisotopic (exact) mass is 516 g/mol. The molecule has 8 heteroatoms. The van der Waals surface area contributed by atoms with Crippen LogP contribution in [0, 0.1) is 12.8 Å². The molecule has 0 spiro atoms. The van der Waals surface area contributed by atoms with Gasteiger partial charge < -0.3 is 0 Å². The number of halogens is 4.